The van der Waals surface area contributed by atoms with E-state index in [9.17, 15) is 0 Å². The highest BCUT2D eigenvalue weighted by molar-refractivity contribution is 7.71. The standard InChI is InChI=1S/C13H20N4S2/c1-6-8(2)17-10(15-16-12(17)18)9-7-14-11(19-9)13(3,4)5/h7-8H,6H2,1-5H3,(H,16,18). The Morgan fingerprint density at radius 3 is 2.68 bits per heavy atom. The lowest BCUT2D eigenvalue weighted by molar-refractivity contribution is 0.529. The molecule has 2 aromatic rings. The third kappa shape index (κ3) is 2.79. The number of nitrogens with zero attached hydrogens (tertiary/aromatic N) is 3. The summed E-state index contributed by atoms with van der Waals surface area (Å²) >= 11 is 7.01. The summed E-state index contributed by atoms with van der Waals surface area (Å²) in [6.07, 6.45) is 2.92. The topological polar surface area (TPSA) is 46.5 Å². The van der Waals surface area contributed by atoms with E-state index >= 15 is 0 Å². The Morgan fingerprint density at radius 1 is 1.47 bits per heavy atom. The number of thiazole rings is 1. The third-order valence-corrected chi connectivity index (χ3v) is 4.81. The van der Waals surface area contributed by atoms with Gasteiger partial charge in [0.1, 0.15) is 0 Å². The first kappa shape index (κ1) is 14.4. The molecule has 0 saturated heterocycles. The molecular formula is C13H20N4S2. The van der Waals surface area contributed by atoms with Crippen LogP contribution >= 0.6 is 23.6 Å². The molecule has 4 nitrogen and oxygen atoms in total. The van der Waals surface area contributed by atoms with Gasteiger partial charge < -0.3 is 0 Å². The number of hydrogen-bond donors (Lipinski definition) is 1. The Labute approximate surface area is 122 Å². The molecule has 104 valence electrons. The van der Waals surface area contributed by atoms with E-state index in [-0.39, 0.29) is 5.41 Å². The third-order valence-electron chi connectivity index (χ3n) is 3.10. The first-order chi connectivity index (χ1) is 8.84. The predicted octanol–water partition coefficient (Wildman–Crippen LogP) is 4.33. The highest BCUT2D eigenvalue weighted by atomic mass is 32.1. The van der Waals surface area contributed by atoms with Crippen LogP contribution in [0.3, 0.4) is 0 Å². The molecule has 0 radical (unpaired) electrons. The van der Waals surface area contributed by atoms with Crippen LogP contribution in [-0.2, 0) is 5.41 Å². The number of rotatable bonds is 3. The minimum atomic E-state index is 0.0667. The summed E-state index contributed by atoms with van der Waals surface area (Å²) in [5, 5.41) is 8.38. The van der Waals surface area contributed by atoms with E-state index < -0.39 is 0 Å². The molecule has 0 aliphatic rings. The van der Waals surface area contributed by atoms with Crippen molar-refractivity contribution < 1.29 is 0 Å². The van der Waals surface area contributed by atoms with Crippen LogP contribution in [0.25, 0.3) is 10.7 Å². The number of aromatic amines is 1. The molecule has 19 heavy (non-hydrogen) atoms. The number of nitrogens with one attached hydrogen (secondary N) is 1. The van der Waals surface area contributed by atoms with Gasteiger partial charge >= 0.3 is 0 Å². The van der Waals surface area contributed by atoms with Crippen molar-refractivity contribution in [2.75, 3.05) is 0 Å². The molecule has 2 aromatic heterocycles. The summed E-state index contributed by atoms with van der Waals surface area (Å²) in [6, 6.07) is 0.335. The molecule has 0 aromatic carbocycles. The highest BCUT2D eigenvalue weighted by Crippen LogP contribution is 2.33. The molecule has 1 N–H and O–H groups in total. The van der Waals surface area contributed by atoms with Crippen molar-refractivity contribution >= 4 is 23.6 Å². The Kier molecular flexibility index (Phi) is 3.92. The molecule has 0 spiro atoms. The van der Waals surface area contributed by atoms with Crippen LogP contribution in [0.4, 0.5) is 0 Å². The number of aromatic nitrogens is 4. The van der Waals surface area contributed by atoms with E-state index in [0.717, 1.165) is 22.1 Å². The fourth-order valence-corrected chi connectivity index (χ4v) is 3.07. The zero-order chi connectivity index (χ0) is 14.2. The van der Waals surface area contributed by atoms with Crippen molar-refractivity contribution in [1.29, 1.82) is 0 Å². The zero-order valence-electron chi connectivity index (χ0n) is 12.0. The second-order valence-electron chi connectivity index (χ2n) is 5.76. The van der Waals surface area contributed by atoms with E-state index in [0.29, 0.717) is 10.8 Å². The van der Waals surface area contributed by atoms with Crippen LogP contribution in [0.5, 0.6) is 0 Å². The summed E-state index contributed by atoms with van der Waals surface area (Å²) in [7, 11) is 0. The second kappa shape index (κ2) is 5.17. The summed E-state index contributed by atoms with van der Waals surface area (Å²) in [5.41, 5.74) is 0.0667. The summed E-state index contributed by atoms with van der Waals surface area (Å²) < 4.78 is 2.75. The molecule has 0 aliphatic carbocycles. The van der Waals surface area contributed by atoms with Gasteiger partial charge in [0.25, 0.3) is 0 Å². The van der Waals surface area contributed by atoms with Gasteiger partial charge in [0, 0.05) is 17.7 Å². The first-order valence-corrected chi connectivity index (χ1v) is 7.70. The van der Waals surface area contributed by atoms with Crippen LogP contribution in [0.2, 0.25) is 0 Å². The van der Waals surface area contributed by atoms with Crippen LogP contribution < -0.4 is 0 Å². The van der Waals surface area contributed by atoms with Crippen LogP contribution in [0, 0.1) is 4.77 Å². The molecule has 0 amide bonds. The smallest absolute Gasteiger partial charge is 0.195 e. The molecule has 2 heterocycles. The molecule has 0 aliphatic heterocycles. The maximum Gasteiger partial charge on any atom is 0.195 e. The van der Waals surface area contributed by atoms with E-state index in [1.165, 1.54) is 0 Å². The molecule has 0 fully saturated rings. The Hall–Kier alpha value is -1.01. The van der Waals surface area contributed by atoms with E-state index in [2.05, 4.69) is 54.4 Å². The average Bonchev–Trinajstić information content (AvgIpc) is 2.93. The van der Waals surface area contributed by atoms with Gasteiger partial charge in [-0.05, 0) is 25.6 Å². The van der Waals surface area contributed by atoms with E-state index in [1.807, 2.05) is 6.20 Å². The molecule has 0 bridgehead atoms. The summed E-state index contributed by atoms with van der Waals surface area (Å²) in [5.74, 6) is 0.896. The second-order valence-corrected chi connectivity index (χ2v) is 7.18. The lowest BCUT2D eigenvalue weighted by Gasteiger charge is -2.14. The zero-order valence-corrected chi connectivity index (χ0v) is 13.7. The van der Waals surface area contributed by atoms with Gasteiger partial charge in [0.2, 0.25) is 0 Å². The largest absolute Gasteiger partial charge is 0.297 e. The van der Waals surface area contributed by atoms with Crippen molar-refractivity contribution in [2.45, 2.75) is 52.5 Å². The quantitative estimate of drug-likeness (QED) is 0.857. The number of hydrogen-bond acceptors (Lipinski definition) is 4. The van der Waals surface area contributed by atoms with Crippen molar-refractivity contribution in [2.24, 2.45) is 0 Å². The molecular weight excluding hydrogens is 276 g/mol. The van der Waals surface area contributed by atoms with Crippen LogP contribution in [0.1, 0.15) is 52.1 Å². The fourth-order valence-electron chi connectivity index (χ4n) is 1.79. The molecule has 1 atom stereocenters. The van der Waals surface area contributed by atoms with Gasteiger partial charge in [-0.2, -0.15) is 5.10 Å². The Bertz CT molecular complexity index is 615. The Balaban J connectivity index is 2.49. The number of H-pyrrole nitrogens is 1. The lowest BCUT2D eigenvalue weighted by atomic mass is 9.98. The van der Waals surface area contributed by atoms with Gasteiger partial charge in [-0.15, -0.1) is 11.3 Å². The van der Waals surface area contributed by atoms with Crippen molar-refractivity contribution in [3.05, 3.63) is 16.0 Å². The summed E-state index contributed by atoms with van der Waals surface area (Å²) in [6.45, 7) is 10.8. The average molecular weight is 296 g/mol. The molecule has 1 unspecified atom stereocenters. The fraction of sp³-hybridized carbons (Fsp3) is 0.615. The van der Waals surface area contributed by atoms with E-state index in [4.69, 9.17) is 12.2 Å². The minimum Gasteiger partial charge on any atom is -0.297 e. The maximum atomic E-state index is 5.32. The highest BCUT2D eigenvalue weighted by Gasteiger charge is 2.21. The molecule has 2 rings (SSSR count). The van der Waals surface area contributed by atoms with E-state index in [1.54, 1.807) is 11.3 Å². The van der Waals surface area contributed by atoms with Gasteiger partial charge in [0.05, 0.1) is 9.88 Å². The SMILES string of the molecule is CCC(C)n1c(-c2cnc(C(C)(C)C)s2)n[nH]c1=S. The van der Waals surface area contributed by atoms with Gasteiger partial charge in [-0.1, -0.05) is 27.7 Å². The van der Waals surface area contributed by atoms with Crippen molar-refractivity contribution in [3.8, 4) is 10.7 Å². The Morgan fingerprint density at radius 2 is 2.16 bits per heavy atom. The monoisotopic (exact) mass is 296 g/mol. The minimum absolute atomic E-state index is 0.0667. The van der Waals surface area contributed by atoms with Gasteiger partial charge in [-0.3, -0.25) is 9.67 Å². The summed E-state index contributed by atoms with van der Waals surface area (Å²) in [4.78, 5) is 5.58. The normalized spacial score (nSPS) is 13.7. The lowest BCUT2D eigenvalue weighted by Crippen LogP contribution is -2.09. The molecule has 0 saturated carbocycles. The first-order valence-electron chi connectivity index (χ1n) is 6.48. The maximum absolute atomic E-state index is 5.32. The van der Waals surface area contributed by atoms with Crippen molar-refractivity contribution in [1.82, 2.24) is 19.7 Å². The van der Waals surface area contributed by atoms with Crippen molar-refractivity contribution in [3.63, 3.8) is 0 Å². The van der Waals surface area contributed by atoms with Crippen LogP contribution in [-0.4, -0.2) is 19.7 Å². The van der Waals surface area contributed by atoms with Gasteiger partial charge in [0.15, 0.2) is 10.6 Å². The van der Waals surface area contributed by atoms with Gasteiger partial charge in [-0.25, -0.2) is 4.98 Å². The van der Waals surface area contributed by atoms with Crippen LogP contribution in [0.15, 0.2) is 6.20 Å². The predicted molar refractivity (Wildman–Crippen MR) is 82.2 cm³/mol. The molecule has 6 heteroatoms.